The molecule has 5 nitrogen and oxygen atoms in total. The van der Waals surface area contributed by atoms with Crippen LogP contribution >= 0.6 is 11.6 Å². The smallest absolute Gasteiger partial charge is 0.293 e. The van der Waals surface area contributed by atoms with Gasteiger partial charge in [0.2, 0.25) is 0 Å². The Hall–Kier alpha value is -1.93. The second kappa shape index (κ2) is 4.73. The molecule has 0 unspecified atom stereocenters. The molecule has 0 saturated carbocycles. The molecule has 0 amide bonds. The highest BCUT2D eigenvalue weighted by atomic mass is 35.5. The first-order valence-corrected chi connectivity index (χ1v) is 4.83. The SMILES string of the molecule is Cc1ccc(C(=O)CCl)c([N+](=O)[O-])c1C#N. The van der Waals surface area contributed by atoms with Crippen molar-refractivity contribution in [3.63, 3.8) is 0 Å². The van der Waals surface area contributed by atoms with E-state index in [1.807, 2.05) is 0 Å². The molecule has 0 aliphatic carbocycles. The Kier molecular flexibility index (Phi) is 3.59. The average Bonchev–Trinajstić information content (AvgIpc) is 2.27. The van der Waals surface area contributed by atoms with Crippen LogP contribution in [0.15, 0.2) is 12.1 Å². The van der Waals surface area contributed by atoms with Gasteiger partial charge < -0.3 is 0 Å². The number of nitro benzene ring substituents is 1. The summed E-state index contributed by atoms with van der Waals surface area (Å²) in [7, 11) is 0. The fraction of sp³-hybridized carbons (Fsp3) is 0.200. The highest BCUT2D eigenvalue weighted by molar-refractivity contribution is 6.31. The maximum absolute atomic E-state index is 11.4. The van der Waals surface area contributed by atoms with Crippen LogP contribution in [0.25, 0.3) is 0 Å². The summed E-state index contributed by atoms with van der Waals surface area (Å²) >= 11 is 5.34. The summed E-state index contributed by atoms with van der Waals surface area (Å²) in [6, 6.07) is 4.54. The van der Waals surface area contributed by atoms with Gasteiger partial charge >= 0.3 is 0 Å². The van der Waals surface area contributed by atoms with Gasteiger partial charge in [-0.2, -0.15) is 5.26 Å². The molecule has 0 aliphatic heterocycles. The molecule has 0 bridgehead atoms. The number of carbonyl (C=O) groups excluding carboxylic acids is 1. The van der Waals surface area contributed by atoms with Crippen molar-refractivity contribution in [2.75, 3.05) is 5.88 Å². The number of hydrogen-bond donors (Lipinski definition) is 0. The Bertz CT molecular complexity index is 506. The zero-order valence-electron chi connectivity index (χ0n) is 8.36. The summed E-state index contributed by atoms with van der Waals surface area (Å²) in [5, 5.41) is 19.7. The number of carbonyl (C=O) groups is 1. The Balaban J connectivity index is 3.59. The standard InChI is InChI=1S/C10H7ClN2O3/c1-6-2-3-7(9(14)4-11)10(13(15)16)8(6)5-12/h2-3H,4H2,1H3. The lowest BCUT2D eigenvalue weighted by Crippen LogP contribution is -2.07. The lowest BCUT2D eigenvalue weighted by Gasteiger charge is -2.03. The van der Waals surface area contributed by atoms with E-state index < -0.39 is 16.4 Å². The monoisotopic (exact) mass is 238 g/mol. The molecule has 0 heterocycles. The number of nitriles is 1. The quantitative estimate of drug-likeness (QED) is 0.350. The van der Waals surface area contributed by atoms with Gasteiger partial charge in [-0.15, -0.1) is 11.6 Å². The Labute approximate surface area is 96.4 Å². The highest BCUT2D eigenvalue weighted by Gasteiger charge is 2.25. The molecule has 16 heavy (non-hydrogen) atoms. The van der Waals surface area contributed by atoms with Crippen LogP contribution in [-0.2, 0) is 0 Å². The summed E-state index contributed by atoms with van der Waals surface area (Å²) in [6.45, 7) is 1.57. The minimum Gasteiger partial charge on any atom is -0.293 e. The zero-order chi connectivity index (χ0) is 12.3. The predicted octanol–water partition coefficient (Wildman–Crippen LogP) is 2.20. The fourth-order valence-corrected chi connectivity index (χ4v) is 1.46. The van der Waals surface area contributed by atoms with Gasteiger partial charge in [-0.3, -0.25) is 14.9 Å². The van der Waals surface area contributed by atoms with E-state index in [1.54, 1.807) is 13.0 Å². The van der Waals surface area contributed by atoms with E-state index in [1.165, 1.54) is 12.1 Å². The van der Waals surface area contributed by atoms with Gasteiger partial charge in [0.15, 0.2) is 5.78 Å². The van der Waals surface area contributed by atoms with Crippen LogP contribution in [0.5, 0.6) is 0 Å². The molecule has 1 rings (SSSR count). The Morgan fingerprint density at radius 1 is 1.62 bits per heavy atom. The molecular formula is C10H7ClN2O3. The van der Waals surface area contributed by atoms with Crippen LogP contribution in [0, 0.1) is 28.4 Å². The number of hydrogen-bond acceptors (Lipinski definition) is 4. The highest BCUT2D eigenvalue weighted by Crippen LogP contribution is 2.26. The first-order valence-electron chi connectivity index (χ1n) is 4.30. The molecule has 6 heteroatoms. The molecule has 82 valence electrons. The molecule has 0 saturated heterocycles. The number of benzene rings is 1. The second-order valence-corrected chi connectivity index (χ2v) is 3.35. The van der Waals surface area contributed by atoms with Crippen LogP contribution < -0.4 is 0 Å². The molecule has 0 N–H and O–H groups in total. The van der Waals surface area contributed by atoms with Gasteiger partial charge in [0.25, 0.3) is 5.69 Å². The zero-order valence-corrected chi connectivity index (χ0v) is 9.11. The summed E-state index contributed by atoms with van der Waals surface area (Å²) in [5.74, 6) is -0.917. The van der Waals surface area contributed by atoms with Gasteiger partial charge in [-0.05, 0) is 18.6 Å². The van der Waals surface area contributed by atoms with Crippen LogP contribution in [-0.4, -0.2) is 16.6 Å². The molecule has 1 aromatic rings. The number of Topliss-reactive ketones (excluding diaryl/α,β-unsaturated/α-hetero) is 1. The maximum Gasteiger partial charge on any atom is 0.298 e. The van der Waals surface area contributed by atoms with Crippen molar-refractivity contribution in [3.8, 4) is 6.07 Å². The van der Waals surface area contributed by atoms with Crippen LogP contribution in [0.3, 0.4) is 0 Å². The van der Waals surface area contributed by atoms with Crippen molar-refractivity contribution in [1.29, 1.82) is 5.26 Å². The minimum absolute atomic E-state index is 0.0963. The second-order valence-electron chi connectivity index (χ2n) is 3.08. The lowest BCUT2D eigenvalue weighted by molar-refractivity contribution is -0.385. The molecular weight excluding hydrogens is 232 g/mol. The molecule has 0 aromatic heterocycles. The summed E-state index contributed by atoms with van der Waals surface area (Å²) < 4.78 is 0. The summed E-state index contributed by atoms with van der Waals surface area (Å²) in [5.41, 5.74) is -0.225. The average molecular weight is 239 g/mol. The van der Waals surface area contributed by atoms with Crippen LogP contribution in [0.4, 0.5) is 5.69 Å². The normalized spacial score (nSPS) is 9.56. The van der Waals surface area contributed by atoms with E-state index in [0.717, 1.165) is 0 Å². The first-order chi connectivity index (χ1) is 7.52. The van der Waals surface area contributed by atoms with Crippen LogP contribution in [0.2, 0.25) is 0 Å². The van der Waals surface area contributed by atoms with E-state index in [-0.39, 0.29) is 17.0 Å². The van der Waals surface area contributed by atoms with E-state index >= 15 is 0 Å². The summed E-state index contributed by atoms with van der Waals surface area (Å²) in [6.07, 6.45) is 0. The third-order valence-corrected chi connectivity index (χ3v) is 2.35. The van der Waals surface area contributed by atoms with Crippen molar-refractivity contribution in [3.05, 3.63) is 38.9 Å². The topological polar surface area (TPSA) is 84.0 Å². The van der Waals surface area contributed by atoms with E-state index in [0.29, 0.717) is 5.56 Å². The molecule has 0 aliphatic rings. The predicted molar refractivity (Wildman–Crippen MR) is 57.6 cm³/mol. The molecule has 0 atom stereocenters. The maximum atomic E-state index is 11.4. The number of ketones is 1. The number of aryl methyl sites for hydroxylation is 1. The van der Waals surface area contributed by atoms with Crippen molar-refractivity contribution < 1.29 is 9.72 Å². The van der Waals surface area contributed by atoms with E-state index in [2.05, 4.69) is 0 Å². The molecule has 0 spiro atoms. The largest absolute Gasteiger partial charge is 0.298 e. The number of alkyl halides is 1. The van der Waals surface area contributed by atoms with Crippen molar-refractivity contribution in [1.82, 2.24) is 0 Å². The number of halogens is 1. The van der Waals surface area contributed by atoms with Crippen molar-refractivity contribution in [2.45, 2.75) is 6.92 Å². The van der Waals surface area contributed by atoms with Crippen molar-refractivity contribution in [2.24, 2.45) is 0 Å². The fourth-order valence-electron chi connectivity index (χ4n) is 1.32. The van der Waals surface area contributed by atoms with Gasteiger partial charge in [-0.25, -0.2) is 0 Å². The summed E-state index contributed by atoms with van der Waals surface area (Å²) in [4.78, 5) is 21.5. The van der Waals surface area contributed by atoms with Gasteiger partial charge in [0.05, 0.1) is 16.4 Å². The number of nitrogens with zero attached hydrogens (tertiary/aromatic N) is 2. The van der Waals surface area contributed by atoms with Gasteiger partial charge in [-0.1, -0.05) is 6.07 Å². The van der Waals surface area contributed by atoms with Crippen molar-refractivity contribution >= 4 is 23.1 Å². The Morgan fingerprint density at radius 3 is 2.69 bits per heavy atom. The van der Waals surface area contributed by atoms with Gasteiger partial charge in [0.1, 0.15) is 11.6 Å². The first kappa shape index (κ1) is 12.1. The molecule has 0 fully saturated rings. The third-order valence-electron chi connectivity index (χ3n) is 2.10. The van der Waals surface area contributed by atoms with E-state index in [4.69, 9.17) is 16.9 Å². The number of rotatable bonds is 3. The van der Waals surface area contributed by atoms with E-state index in [9.17, 15) is 14.9 Å². The van der Waals surface area contributed by atoms with Crippen LogP contribution in [0.1, 0.15) is 21.5 Å². The number of nitro groups is 1. The molecule has 1 aromatic carbocycles. The lowest BCUT2D eigenvalue weighted by atomic mass is 10.0. The molecule has 0 radical (unpaired) electrons. The third kappa shape index (κ3) is 2.02. The van der Waals surface area contributed by atoms with Gasteiger partial charge in [0, 0.05) is 0 Å². The minimum atomic E-state index is -0.731. The Morgan fingerprint density at radius 2 is 2.25 bits per heavy atom.